The lowest BCUT2D eigenvalue weighted by atomic mass is 9.75. The fraction of sp³-hybridized carbons (Fsp3) is 0.733. The molecular formula is C15H26N6. The zero-order valence-electron chi connectivity index (χ0n) is 13.6. The number of aromatic nitrogens is 4. The van der Waals surface area contributed by atoms with Gasteiger partial charge in [0.2, 0.25) is 5.95 Å². The van der Waals surface area contributed by atoms with Crippen LogP contribution in [0.4, 0.5) is 5.95 Å². The summed E-state index contributed by atoms with van der Waals surface area (Å²) in [5.74, 6) is 0.614. The van der Waals surface area contributed by atoms with Crippen LogP contribution in [0.1, 0.15) is 38.3 Å². The molecule has 116 valence electrons. The fourth-order valence-electron chi connectivity index (χ4n) is 3.45. The molecule has 2 N–H and O–H groups in total. The van der Waals surface area contributed by atoms with E-state index in [0.717, 1.165) is 36.2 Å². The Labute approximate surface area is 125 Å². The van der Waals surface area contributed by atoms with Crippen molar-refractivity contribution in [1.29, 1.82) is 0 Å². The first-order valence-electron chi connectivity index (χ1n) is 7.83. The van der Waals surface area contributed by atoms with Gasteiger partial charge in [-0.15, -0.1) is 0 Å². The minimum absolute atomic E-state index is 0.219. The molecule has 21 heavy (non-hydrogen) atoms. The summed E-state index contributed by atoms with van der Waals surface area (Å²) in [4.78, 5) is 6.93. The molecule has 1 aliphatic carbocycles. The van der Waals surface area contributed by atoms with Gasteiger partial charge in [0.15, 0.2) is 5.65 Å². The van der Waals surface area contributed by atoms with Gasteiger partial charge in [-0.05, 0) is 39.8 Å². The Morgan fingerprint density at radius 3 is 2.57 bits per heavy atom. The highest BCUT2D eigenvalue weighted by atomic mass is 15.4. The molecule has 0 amide bonds. The number of anilines is 1. The van der Waals surface area contributed by atoms with Crippen LogP contribution in [0.2, 0.25) is 0 Å². The minimum atomic E-state index is 0.219. The molecule has 0 aliphatic heterocycles. The number of hydrogen-bond donors (Lipinski definition) is 1. The summed E-state index contributed by atoms with van der Waals surface area (Å²) < 4.78 is 4.09. The van der Waals surface area contributed by atoms with Gasteiger partial charge in [-0.2, -0.15) is 5.10 Å². The van der Waals surface area contributed by atoms with Crippen molar-refractivity contribution >= 4 is 17.1 Å². The topological polar surface area (TPSA) is 64.9 Å². The summed E-state index contributed by atoms with van der Waals surface area (Å²) in [6, 6.07) is 0. The second-order valence-corrected chi connectivity index (χ2v) is 6.52. The van der Waals surface area contributed by atoms with E-state index >= 15 is 0 Å². The molecule has 2 heterocycles. The molecule has 0 unspecified atom stereocenters. The third-order valence-electron chi connectivity index (χ3n) is 4.99. The second kappa shape index (κ2) is 5.02. The van der Waals surface area contributed by atoms with Crippen LogP contribution in [-0.2, 0) is 20.0 Å². The highest BCUT2D eigenvalue weighted by molar-refractivity contribution is 5.77. The molecular weight excluding hydrogens is 264 g/mol. The van der Waals surface area contributed by atoms with E-state index < -0.39 is 0 Å². The second-order valence-electron chi connectivity index (χ2n) is 6.52. The first-order chi connectivity index (χ1) is 9.98. The molecule has 2 aromatic rings. The zero-order valence-corrected chi connectivity index (χ0v) is 13.6. The summed E-state index contributed by atoms with van der Waals surface area (Å²) in [7, 11) is 6.31. The van der Waals surface area contributed by atoms with Crippen LogP contribution in [0.15, 0.2) is 0 Å². The maximum absolute atomic E-state index is 6.21. The number of imidazole rings is 1. The number of nitrogen functional groups attached to an aromatic ring is 1. The van der Waals surface area contributed by atoms with E-state index in [2.05, 4.69) is 40.6 Å². The van der Waals surface area contributed by atoms with Gasteiger partial charge in [0.1, 0.15) is 5.52 Å². The van der Waals surface area contributed by atoms with Gasteiger partial charge in [-0.3, -0.25) is 9.25 Å². The summed E-state index contributed by atoms with van der Waals surface area (Å²) in [5.41, 5.74) is 9.53. The van der Waals surface area contributed by atoms with E-state index in [1.54, 1.807) is 0 Å². The zero-order chi connectivity index (χ0) is 15.2. The van der Waals surface area contributed by atoms with E-state index in [1.807, 2.05) is 11.7 Å². The summed E-state index contributed by atoms with van der Waals surface area (Å²) in [5, 5.41) is 4.62. The highest BCUT2D eigenvalue weighted by Crippen LogP contribution is 2.39. The SMILES string of the molecule is CCCc1nn(C)c2c1nc(N)n2CC1(N(C)C)CCC1. The van der Waals surface area contributed by atoms with E-state index in [-0.39, 0.29) is 5.54 Å². The predicted molar refractivity (Wildman–Crippen MR) is 85.2 cm³/mol. The van der Waals surface area contributed by atoms with Gasteiger partial charge in [0, 0.05) is 19.1 Å². The maximum atomic E-state index is 6.21. The molecule has 0 saturated heterocycles. The smallest absolute Gasteiger partial charge is 0.202 e. The van der Waals surface area contributed by atoms with Crippen LogP contribution in [0, 0.1) is 0 Å². The standard InChI is InChI=1S/C15H26N6/c1-5-7-11-12-13(20(4)18-11)21(14(16)17-12)10-15(19(2)3)8-6-9-15/h5-10H2,1-4H3,(H2,16,17). The average Bonchev–Trinajstić information content (AvgIpc) is 2.83. The Hall–Kier alpha value is -1.56. The predicted octanol–water partition coefficient (Wildman–Crippen LogP) is 1.79. The molecule has 1 fully saturated rings. The number of hydrogen-bond acceptors (Lipinski definition) is 4. The third-order valence-corrected chi connectivity index (χ3v) is 4.99. The number of fused-ring (bicyclic) bond motifs is 1. The molecule has 6 nitrogen and oxygen atoms in total. The maximum Gasteiger partial charge on any atom is 0.202 e. The van der Waals surface area contributed by atoms with Gasteiger partial charge in [-0.1, -0.05) is 13.3 Å². The van der Waals surface area contributed by atoms with Gasteiger partial charge < -0.3 is 10.6 Å². The van der Waals surface area contributed by atoms with Crippen LogP contribution < -0.4 is 5.73 Å². The van der Waals surface area contributed by atoms with Crippen molar-refractivity contribution < 1.29 is 0 Å². The number of nitrogens with zero attached hydrogens (tertiary/aromatic N) is 5. The number of nitrogens with two attached hydrogens (primary N) is 1. The third kappa shape index (κ3) is 2.12. The largest absolute Gasteiger partial charge is 0.369 e. The number of aryl methyl sites for hydroxylation is 2. The molecule has 2 aromatic heterocycles. The Balaban J connectivity index is 2.04. The molecule has 3 rings (SSSR count). The lowest BCUT2D eigenvalue weighted by molar-refractivity contribution is 0.0438. The summed E-state index contributed by atoms with van der Waals surface area (Å²) in [6.07, 6.45) is 5.76. The minimum Gasteiger partial charge on any atom is -0.369 e. The van der Waals surface area contributed by atoms with Gasteiger partial charge >= 0.3 is 0 Å². The normalized spacial score (nSPS) is 17.6. The van der Waals surface area contributed by atoms with E-state index in [1.165, 1.54) is 19.3 Å². The quantitative estimate of drug-likeness (QED) is 0.912. The van der Waals surface area contributed by atoms with Gasteiger partial charge in [0.25, 0.3) is 0 Å². The lowest BCUT2D eigenvalue weighted by Gasteiger charge is -2.47. The molecule has 1 saturated carbocycles. The average molecular weight is 290 g/mol. The monoisotopic (exact) mass is 290 g/mol. The summed E-state index contributed by atoms with van der Waals surface area (Å²) >= 11 is 0. The van der Waals surface area contributed by atoms with Crippen molar-refractivity contribution in [3.05, 3.63) is 5.69 Å². The van der Waals surface area contributed by atoms with Crippen molar-refractivity contribution in [2.75, 3.05) is 19.8 Å². The Bertz CT molecular complexity index is 647. The molecule has 6 heteroatoms. The van der Waals surface area contributed by atoms with E-state index in [9.17, 15) is 0 Å². The first kappa shape index (κ1) is 14.4. The number of likely N-dealkylation sites (N-methyl/N-ethyl adjacent to an activating group) is 1. The Morgan fingerprint density at radius 1 is 1.33 bits per heavy atom. The highest BCUT2D eigenvalue weighted by Gasteiger charge is 2.40. The van der Waals surface area contributed by atoms with Crippen LogP contribution in [0.5, 0.6) is 0 Å². The van der Waals surface area contributed by atoms with Gasteiger partial charge in [0.05, 0.1) is 5.69 Å². The first-order valence-corrected chi connectivity index (χ1v) is 7.83. The van der Waals surface area contributed by atoms with E-state index in [0.29, 0.717) is 5.95 Å². The van der Waals surface area contributed by atoms with Gasteiger partial charge in [-0.25, -0.2) is 4.98 Å². The van der Waals surface area contributed by atoms with Crippen LogP contribution in [-0.4, -0.2) is 43.9 Å². The molecule has 0 bridgehead atoms. The van der Waals surface area contributed by atoms with Crippen LogP contribution in [0.25, 0.3) is 11.2 Å². The van der Waals surface area contributed by atoms with E-state index in [4.69, 9.17) is 5.73 Å². The fourth-order valence-corrected chi connectivity index (χ4v) is 3.45. The lowest BCUT2D eigenvalue weighted by Crippen LogP contribution is -2.53. The molecule has 0 atom stereocenters. The van der Waals surface area contributed by atoms with Crippen LogP contribution >= 0.6 is 0 Å². The molecule has 0 spiro atoms. The van der Waals surface area contributed by atoms with Crippen molar-refractivity contribution in [1.82, 2.24) is 24.2 Å². The van der Waals surface area contributed by atoms with Crippen molar-refractivity contribution in [2.24, 2.45) is 7.05 Å². The van der Waals surface area contributed by atoms with Crippen molar-refractivity contribution in [3.8, 4) is 0 Å². The molecule has 0 radical (unpaired) electrons. The number of rotatable bonds is 5. The Morgan fingerprint density at radius 2 is 2.05 bits per heavy atom. The summed E-state index contributed by atoms with van der Waals surface area (Å²) in [6.45, 7) is 3.06. The molecule has 0 aromatic carbocycles. The molecule has 1 aliphatic rings. The van der Waals surface area contributed by atoms with Crippen molar-refractivity contribution in [2.45, 2.75) is 51.1 Å². The van der Waals surface area contributed by atoms with Crippen molar-refractivity contribution in [3.63, 3.8) is 0 Å². The van der Waals surface area contributed by atoms with Crippen LogP contribution in [0.3, 0.4) is 0 Å². The Kier molecular flexibility index (Phi) is 3.43.